The van der Waals surface area contributed by atoms with Crippen molar-refractivity contribution in [2.45, 2.75) is 6.92 Å². The molecule has 0 spiro atoms. The molecule has 0 aliphatic rings. The van der Waals surface area contributed by atoms with Gasteiger partial charge >= 0.3 is 12.1 Å². The van der Waals surface area contributed by atoms with Gasteiger partial charge in [-0.25, -0.2) is 4.79 Å². The van der Waals surface area contributed by atoms with Crippen molar-refractivity contribution in [3.63, 3.8) is 0 Å². The van der Waals surface area contributed by atoms with Crippen LogP contribution in [0.1, 0.15) is 6.92 Å². The van der Waals surface area contributed by atoms with Crippen LogP contribution in [0.5, 0.6) is 0 Å². The molecule has 1 amide bonds. The second-order valence-corrected chi connectivity index (χ2v) is 2.45. The monoisotopic (exact) mass is 190 g/mol. The van der Waals surface area contributed by atoms with Crippen LogP contribution < -0.4 is 5.32 Å². The van der Waals surface area contributed by atoms with Gasteiger partial charge in [0, 0.05) is 13.1 Å². The molecule has 0 bridgehead atoms. The molecule has 6 heteroatoms. The van der Waals surface area contributed by atoms with E-state index in [1.807, 2.05) is 6.92 Å². The summed E-state index contributed by atoms with van der Waals surface area (Å²) in [5.41, 5.74) is 0. The lowest BCUT2D eigenvalue weighted by Gasteiger charge is -2.16. The summed E-state index contributed by atoms with van der Waals surface area (Å²) >= 11 is 0. The summed E-state index contributed by atoms with van der Waals surface area (Å²) < 4.78 is 0. The van der Waals surface area contributed by atoms with Crippen molar-refractivity contribution >= 4 is 12.1 Å². The number of carboxylic acid groups (broad SMARTS) is 2. The Morgan fingerprint density at radius 2 is 2.00 bits per heavy atom. The van der Waals surface area contributed by atoms with Crippen molar-refractivity contribution in [1.82, 2.24) is 10.2 Å². The molecule has 0 saturated heterocycles. The van der Waals surface area contributed by atoms with Crippen LogP contribution >= 0.6 is 0 Å². The predicted octanol–water partition coefficient (Wildman–Crippen LogP) is -0.339. The van der Waals surface area contributed by atoms with Crippen LogP contribution in [-0.2, 0) is 4.79 Å². The highest BCUT2D eigenvalue weighted by Gasteiger charge is 2.13. The Bertz CT molecular complexity index is 183. The number of carbonyl (C=O) groups is 2. The second-order valence-electron chi connectivity index (χ2n) is 2.45. The van der Waals surface area contributed by atoms with Crippen molar-refractivity contribution in [2.75, 3.05) is 26.2 Å². The number of amides is 1. The first kappa shape index (κ1) is 11.7. The molecule has 0 saturated carbocycles. The average Bonchev–Trinajstić information content (AvgIpc) is 2.02. The first-order valence-electron chi connectivity index (χ1n) is 3.98. The summed E-state index contributed by atoms with van der Waals surface area (Å²) in [4.78, 5) is 21.5. The Balaban J connectivity index is 3.81. The molecule has 0 aromatic rings. The molecular weight excluding hydrogens is 176 g/mol. The Hall–Kier alpha value is -1.30. The molecule has 0 aromatic heterocycles. The quantitative estimate of drug-likeness (QED) is 0.498. The first-order chi connectivity index (χ1) is 6.07. The normalized spacial score (nSPS) is 9.62. The maximum Gasteiger partial charge on any atom is 0.407 e. The van der Waals surface area contributed by atoms with Gasteiger partial charge in [0.25, 0.3) is 0 Å². The number of nitrogens with one attached hydrogen (secondary N) is 1. The molecule has 6 nitrogen and oxygen atoms in total. The summed E-state index contributed by atoms with van der Waals surface area (Å²) in [7, 11) is 0. The Morgan fingerprint density at radius 3 is 2.38 bits per heavy atom. The Labute approximate surface area is 76.2 Å². The lowest BCUT2D eigenvalue weighted by Crippen LogP contribution is -2.39. The predicted molar refractivity (Wildman–Crippen MR) is 45.8 cm³/mol. The number of aliphatic carboxylic acids is 1. The van der Waals surface area contributed by atoms with Crippen molar-refractivity contribution < 1.29 is 19.8 Å². The SMILES string of the molecule is CCNCCN(CC(=O)O)C(=O)O. The molecule has 0 aliphatic heterocycles. The highest BCUT2D eigenvalue weighted by atomic mass is 16.4. The number of hydrogen-bond donors (Lipinski definition) is 3. The van der Waals surface area contributed by atoms with Gasteiger partial charge in [-0.3, -0.25) is 9.69 Å². The van der Waals surface area contributed by atoms with E-state index in [0.29, 0.717) is 6.54 Å². The summed E-state index contributed by atoms with van der Waals surface area (Å²) in [6, 6.07) is 0. The molecule has 0 aromatic carbocycles. The zero-order chi connectivity index (χ0) is 10.3. The minimum atomic E-state index is -1.21. The molecule has 0 aliphatic carbocycles. The Morgan fingerprint density at radius 1 is 1.38 bits per heavy atom. The summed E-state index contributed by atoms with van der Waals surface area (Å²) in [6.07, 6.45) is -1.21. The second kappa shape index (κ2) is 6.24. The molecule has 0 radical (unpaired) electrons. The zero-order valence-corrected chi connectivity index (χ0v) is 7.49. The number of rotatable bonds is 6. The zero-order valence-electron chi connectivity index (χ0n) is 7.49. The van der Waals surface area contributed by atoms with Crippen LogP contribution in [0.15, 0.2) is 0 Å². The molecule has 0 fully saturated rings. The molecule has 3 N–H and O–H groups in total. The molecule has 0 unspecified atom stereocenters. The van der Waals surface area contributed by atoms with Crippen molar-refractivity contribution in [1.29, 1.82) is 0 Å². The van der Waals surface area contributed by atoms with E-state index in [4.69, 9.17) is 10.2 Å². The van der Waals surface area contributed by atoms with E-state index >= 15 is 0 Å². The summed E-state index contributed by atoms with van der Waals surface area (Å²) in [6.45, 7) is 2.81. The average molecular weight is 190 g/mol. The third-order valence-corrected chi connectivity index (χ3v) is 1.41. The van der Waals surface area contributed by atoms with E-state index in [1.165, 1.54) is 0 Å². The fraction of sp³-hybridized carbons (Fsp3) is 0.714. The van der Waals surface area contributed by atoms with E-state index in [0.717, 1.165) is 11.4 Å². The van der Waals surface area contributed by atoms with Crippen LogP contribution in [-0.4, -0.2) is 53.4 Å². The van der Waals surface area contributed by atoms with Gasteiger partial charge in [0.15, 0.2) is 0 Å². The fourth-order valence-corrected chi connectivity index (χ4v) is 0.796. The Kier molecular flexibility index (Phi) is 5.62. The largest absolute Gasteiger partial charge is 0.480 e. The van der Waals surface area contributed by atoms with Gasteiger partial charge in [-0.2, -0.15) is 0 Å². The van der Waals surface area contributed by atoms with Crippen LogP contribution in [0.3, 0.4) is 0 Å². The topological polar surface area (TPSA) is 89.9 Å². The maximum atomic E-state index is 10.5. The number of hydrogen-bond acceptors (Lipinski definition) is 3. The third-order valence-electron chi connectivity index (χ3n) is 1.41. The van der Waals surface area contributed by atoms with Crippen molar-refractivity contribution in [3.8, 4) is 0 Å². The van der Waals surface area contributed by atoms with Gasteiger partial charge in [-0.15, -0.1) is 0 Å². The number of nitrogens with zero attached hydrogens (tertiary/aromatic N) is 1. The molecule has 0 rings (SSSR count). The van der Waals surface area contributed by atoms with Crippen molar-refractivity contribution in [3.05, 3.63) is 0 Å². The summed E-state index contributed by atoms with van der Waals surface area (Å²) in [5, 5.41) is 19.8. The molecular formula is C7H14N2O4. The highest BCUT2D eigenvalue weighted by Crippen LogP contribution is 1.87. The first-order valence-corrected chi connectivity index (χ1v) is 3.98. The summed E-state index contributed by atoms with van der Waals surface area (Å²) in [5.74, 6) is -1.14. The van der Waals surface area contributed by atoms with Crippen LogP contribution in [0.2, 0.25) is 0 Å². The smallest absolute Gasteiger partial charge is 0.407 e. The standard InChI is InChI=1S/C7H14N2O4/c1-2-8-3-4-9(7(12)13)5-6(10)11/h8H,2-5H2,1H3,(H,10,11)(H,12,13). The van der Waals surface area contributed by atoms with Gasteiger partial charge in [-0.05, 0) is 6.54 Å². The van der Waals surface area contributed by atoms with E-state index < -0.39 is 18.6 Å². The van der Waals surface area contributed by atoms with Gasteiger partial charge in [0.05, 0.1) is 0 Å². The molecule has 0 atom stereocenters. The molecule has 0 heterocycles. The molecule has 13 heavy (non-hydrogen) atoms. The molecule has 76 valence electrons. The third kappa shape index (κ3) is 5.92. The lowest BCUT2D eigenvalue weighted by molar-refractivity contribution is -0.137. The van der Waals surface area contributed by atoms with Crippen LogP contribution in [0.4, 0.5) is 4.79 Å². The van der Waals surface area contributed by atoms with Gasteiger partial charge in [0.1, 0.15) is 6.54 Å². The van der Waals surface area contributed by atoms with Gasteiger partial charge < -0.3 is 15.5 Å². The van der Waals surface area contributed by atoms with Gasteiger partial charge in [-0.1, -0.05) is 6.92 Å². The van der Waals surface area contributed by atoms with Crippen LogP contribution in [0.25, 0.3) is 0 Å². The number of carboxylic acids is 1. The van der Waals surface area contributed by atoms with E-state index in [1.54, 1.807) is 0 Å². The lowest BCUT2D eigenvalue weighted by atomic mass is 10.5. The van der Waals surface area contributed by atoms with Crippen molar-refractivity contribution in [2.24, 2.45) is 0 Å². The minimum absolute atomic E-state index is 0.190. The maximum absolute atomic E-state index is 10.5. The number of likely N-dealkylation sites (N-methyl/N-ethyl adjacent to an activating group) is 1. The van der Waals surface area contributed by atoms with Crippen LogP contribution in [0, 0.1) is 0 Å². The highest BCUT2D eigenvalue weighted by molar-refractivity contribution is 5.75. The fourth-order valence-electron chi connectivity index (χ4n) is 0.796. The van der Waals surface area contributed by atoms with E-state index in [-0.39, 0.29) is 6.54 Å². The van der Waals surface area contributed by atoms with E-state index in [9.17, 15) is 9.59 Å². The van der Waals surface area contributed by atoms with E-state index in [2.05, 4.69) is 5.32 Å². The van der Waals surface area contributed by atoms with Gasteiger partial charge in [0.2, 0.25) is 0 Å². The minimum Gasteiger partial charge on any atom is -0.480 e.